The Labute approximate surface area is 138 Å². The van der Waals surface area contributed by atoms with Crippen molar-refractivity contribution >= 4 is 31.8 Å². The Bertz CT molecular complexity index is 428. The molecule has 4 atom stereocenters. The Morgan fingerprint density at radius 3 is 2.73 bits per heavy atom. The highest BCUT2D eigenvalue weighted by molar-refractivity contribution is 8.00. The molecular formula is C15H28N2O3SSi. The number of carboxylic acids is 1. The zero-order valence-electron chi connectivity index (χ0n) is 13.7. The molecule has 0 spiro atoms. The average molecular weight is 345 g/mol. The van der Waals surface area contributed by atoms with Crippen molar-refractivity contribution in [3.05, 3.63) is 0 Å². The highest BCUT2D eigenvalue weighted by atomic mass is 32.2. The van der Waals surface area contributed by atoms with Crippen LogP contribution in [-0.2, 0) is 4.79 Å². The maximum absolute atomic E-state index is 11.4. The van der Waals surface area contributed by atoms with Crippen LogP contribution >= 0.6 is 11.8 Å². The quantitative estimate of drug-likeness (QED) is 0.467. The van der Waals surface area contributed by atoms with Crippen molar-refractivity contribution in [2.75, 3.05) is 5.75 Å². The fraction of sp³-hybridized carbons (Fsp3) is 0.867. The lowest BCUT2D eigenvalue weighted by Crippen LogP contribution is -2.36. The van der Waals surface area contributed by atoms with Gasteiger partial charge in [-0.1, -0.05) is 32.1 Å². The third-order valence-corrected chi connectivity index (χ3v) is 7.87. The standard InChI is InChI=1S/C15H28N2O3SSi/c1-22(2,3)8-7-10(14(18)19)5-4-6-12-13-11(9-21-12)16-15(20)17-13/h10-13H,4-9H2,1-3H3,(H,18,19)(H2,16,17,20)/t10?,11-,12-,13-/m0/s1. The van der Waals surface area contributed by atoms with E-state index < -0.39 is 14.0 Å². The van der Waals surface area contributed by atoms with E-state index >= 15 is 0 Å². The van der Waals surface area contributed by atoms with Gasteiger partial charge in [0.1, 0.15) is 0 Å². The lowest BCUT2D eigenvalue weighted by Gasteiger charge is -2.20. The molecule has 5 nitrogen and oxygen atoms in total. The summed E-state index contributed by atoms with van der Waals surface area (Å²) in [6, 6.07) is 1.50. The van der Waals surface area contributed by atoms with E-state index in [2.05, 4.69) is 30.3 Å². The molecule has 0 aromatic carbocycles. The van der Waals surface area contributed by atoms with Crippen LogP contribution < -0.4 is 10.6 Å². The Balaban J connectivity index is 1.74. The van der Waals surface area contributed by atoms with Crippen molar-refractivity contribution in [3.8, 4) is 0 Å². The van der Waals surface area contributed by atoms with Crippen molar-refractivity contribution < 1.29 is 14.7 Å². The van der Waals surface area contributed by atoms with Gasteiger partial charge >= 0.3 is 12.0 Å². The summed E-state index contributed by atoms with van der Waals surface area (Å²) in [5.74, 6) is 0.114. The van der Waals surface area contributed by atoms with E-state index in [1.54, 1.807) is 0 Å². The summed E-state index contributed by atoms with van der Waals surface area (Å²) in [4.78, 5) is 22.8. The highest BCUT2D eigenvalue weighted by Crippen LogP contribution is 2.33. The minimum absolute atomic E-state index is 0.0566. The third-order valence-electron chi connectivity index (χ3n) is 4.57. The number of fused-ring (bicyclic) bond motifs is 1. The molecule has 126 valence electrons. The van der Waals surface area contributed by atoms with E-state index in [0.29, 0.717) is 5.25 Å². The van der Waals surface area contributed by atoms with Crippen LogP contribution in [0.25, 0.3) is 0 Å². The number of amides is 2. The minimum Gasteiger partial charge on any atom is -0.481 e. The summed E-state index contributed by atoms with van der Waals surface area (Å²) in [6.45, 7) is 6.87. The minimum atomic E-state index is -1.18. The van der Waals surface area contributed by atoms with Crippen LogP contribution in [0.5, 0.6) is 0 Å². The first-order chi connectivity index (χ1) is 10.3. The Morgan fingerprint density at radius 2 is 2.09 bits per heavy atom. The van der Waals surface area contributed by atoms with Gasteiger partial charge in [-0.25, -0.2) is 4.79 Å². The normalized spacial score (nSPS) is 28.9. The highest BCUT2D eigenvalue weighted by Gasteiger charge is 2.42. The van der Waals surface area contributed by atoms with Gasteiger partial charge in [-0.3, -0.25) is 4.79 Å². The molecule has 2 rings (SSSR count). The number of hydrogen-bond acceptors (Lipinski definition) is 3. The van der Waals surface area contributed by atoms with Crippen molar-refractivity contribution in [2.45, 2.75) is 68.7 Å². The van der Waals surface area contributed by atoms with Crippen LogP contribution in [0, 0.1) is 5.92 Å². The van der Waals surface area contributed by atoms with Crippen molar-refractivity contribution in [2.24, 2.45) is 5.92 Å². The van der Waals surface area contributed by atoms with Crippen LogP contribution in [0.1, 0.15) is 25.7 Å². The van der Waals surface area contributed by atoms with Gasteiger partial charge in [0.15, 0.2) is 0 Å². The lowest BCUT2D eigenvalue weighted by atomic mass is 9.96. The number of carboxylic acid groups (broad SMARTS) is 1. The molecule has 2 heterocycles. The van der Waals surface area contributed by atoms with E-state index in [9.17, 15) is 14.7 Å². The molecule has 3 N–H and O–H groups in total. The molecule has 2 aliphatic rings. The zero-order valence-corrected chi connectivity index (χ0v) is 15.5. The molecule has 0 aliphatic carbocycles. The Hall–Kier alpha value is -0.693. The molecule has 2 aliphatic heterocycles. The molecule has 2 fully saturated rings. The summed E-state index contributed by atoms with van der Waals surface area (Å²) < 4.78 is 0. The number of aliphatic carboxylic acids is 1. The van der Waals surface area contributed by atoms with Gasteiger partial charge in [0.05, 0.1) is 18.0 Å². The maximum atomic E-state index is 11.4. The largest absolute Gasteiger partial charge is 0.481 e. The van der Waals surface area contributed by atoms with Gasteiger partial charge in [-0.2, -0.15) is 11.8 Å². The van der Waals surface area contributed by atoms with Crippen LogP contribution in [0.3, 0.4) is 0 Å². The molecule has 0 aromatic rings. The Morgan fingerprint density at radius 1 is 1.36 bits per heavy atom. The summed E-state index contributed by atoms with van der Waals surface area (Å²) >= 11 is 1.90. The van der Waals surface area contributed by atoms with E-state index in [4.69, 9.17) is 0 Å². The van der Waals surface area contributed by atoms with Gasteiger partial charge in [-0.15, -0.1) is 0 Å². The molecule has 2 saturated heterocycles. The maximum Gasteiger partial charge on any atom is 0.315 e. The molecule has 0 radical (unpaired) electrons. The van der Waals surface area contributed by atoms with E-state index in [1.165, 1.54) is 0 Å². The molecule has 1 unspecified atom stereocenters. The van der Waals surface area contributed by atoms with Crippen LogP contribution in [0.15, 0.2) is 0 Å². The van der Waals surface area contributed by atoms with Crippen LogP contribution in [0.2, 0.25) is 25.7 Å². The first-order valence-corrected chi connectivity index (χ1v) is 12.9. The fourth-order valence-corrected chi connectivity index (χ4v) is 5.97. The van der Waals surface area contributed by atoms with Crippen LogP contribution in [0.4, 0.5) is 4.79 Å². The number of hydrogen-bond donors (Lipinski definition) is 3. The second-order valence-electron chi connectivity index (χ2n) is 7.69. The predicted octanol–water partition coefficient (Wildman–Crippen LogP) is 2.75. The molecule has 0 saturated carbocycles. The van der Waals surface area contributed by atoms with E-state index in [-0.39, 0.29) is 24.0 Å². The second-order valence-corrected chi connectivity index (χ2v) is 14.6. The first kappa shape index (κ1) is 17.7. The van der Waals surface area contributed by atoms with Gasteiger partial charge in [0.2, 0.25) is 0 Å². The predicted molar refractivity (Wildman–Crippen MR) is 93.2 cm³/mol. The molecule has 22 heavy (non-hydrogen) atoms. The first-order valence-electron chi connectivity index (χ1n) is 8.18. The van der Waals surface area contributed by atoms with Crippen molar-refractivity contribution in [3.63, 3.8) is 0 Å². The van der Waals surface area contributed by atoms with Crippen molar-refractivity contribution in [1.82, 2.24) is 10.6 Å². The molecule has 0 bridgehead atoms. The number of thioether (sulfide) groups is 1. The summed E-state index contributed by atoms with van der Waals surface area (Å²) in [5.41, 5.74) is 0. The van der Waals surface area contributed by atoms with Gasteiger partial charge in [-0.05, 0) is 19.3 Å². The summed E-state index contributed by atoms with van der Waals surface area (Å²) in [7, 11) is -1.18. The topological polar surface area (TPSA) is 78.4 Å². The SMILES string of the molecule is C[Si](C)(C)CCC(CCC[C@@H]1SC[C@@H]2NC(=O)N[C@@H]21)C(=O)O. The van der Waals surface area contributed by atoms with Crippen LogP contribution in [-0.4, -0.2) is 48.3 Å². The number of carbonyl (C=O) groups excluding carboxylic acids is 1. The molecule has 2 amide bonds. The van der Waals surface area contributed by atoms with E-state index in [0.717, 1.165) is 37.5 Å². The Kier molecular flexibility index (Phi) is 5.82. The van der Waals surface area contributed by atoms with Gasteiger partial charge in [0, 0.05) is 19.1 Å². The zero-order chi connectivity index (χ0) is 16.3. The summed E-state index contributed by atoms with van der Waals surface area (Å²) in [5, 5.41) is 15.7. The monoisotopic (exact) mass is 344 g/mol. The number of rotatable bonds is 8. The lowest BCUT2D eigenvalue weighted by molar-refractivity contribution is -0.142. The fourth-order valence-electron chi connectivity index (χ4n) is 3.21. The summed E-state index contributed by atoms with van der Waals surface area (Å²) in [6.07, 6.45) is 3.49. The number of nitrogens with one attached hydrogen (secondary N) is 2. The van der Waals surface area contributed by atoms with Gasteiger partial charge in [0.25, 0.3) is 0 Å². The average Bonchev–Trinajstić information content (AvgIpc) is 2.91. The number of carbonyl (C=O) groups is 2. The molecule has 0 aromatic heterocycles. The van der Waals surface area contributed by atoms with E-state index in [1.807, 2.05) is 11.8 Å². The molecular weight excluding hydrogens is 316 g/mol. The van der Waals surface area contributed by atoms with Crippen molar-refractivity contribution in [1.29, 1.82) is 0 Å². The number of urea groups is 1. The third kappa shape index (κ3) is 4.91. The second kappa shape index (κ2) is 7.25. The van der Waals surface area contributed by atoms with Gasteiger partial charge < -0.3 is 15.7 Å². The molecule has 7 heteroatoms. The smallest absolute Gasteiger partial charge is 0.315 e.